The van der Waals surface area contributed by atoms with Gasteiger partial charge >= 0.3 is 0 Å². The molecule has 0 saturated heterocycles. The van der Waals surface area contributed by atoms with E-state index < -0.39 is 0 Å². The van der Waals surface area contributed by atoms with Crippen LogP contribution in [0, 0.1) is 5.92 Å². The number of ether oxygens (including phenoxy) is 5. The largest absolute Gasteiger partial charge is 0.377 e. The number of hydrogen-bond acceptors (Lipinski definition) is 8. The minimum atomic E-state index is 0.0617. The van der Waals surface area contributed by atoms with E-state index in [1.165, 1.54) is 0 Å². The number of carbonyl (C=O) groups excluding carboxylic acids is 1. The number of rotatable bonds is 21. The monoisotopic (exact) mass is 429 g/mol. The number of Topliss-reactive ketones (excluding diaryl/α,β-unsaturated/α-hetero) is 1. The van der Waals surface area contributed by atoms with Crippen LogP contribution in [-0.4, -0.2) is 86.8 Å². The summed E-state index contributed by atoms with van der Waals surface area (Å²) in [5, 5.41) is 8.16. The topological polar surface area (TPSA) is 93.9 Å². The molecule has 0 amide bonds. The third-order valence-electron chi connectivity index (χ3n) is 4.45. The molecule has 0 bridgehead atoms. The Hall–Kier alpha value is -1.39. The molecule has 0 aliphatic rings. The van der Waals surface area contributed by atoms with Gasteiger partial charge in [0.05, 0.1) is 71.7 Å². The summed E-state index contributed by atoms with van der Waals surface area (Å²) in [5.74, 6) is 0.203. The minimum Gasteiger partial charge on any atom is -0.377 e. The highest BCUT2D eigenvalue weighted by Crippen LogP contribution is 2.02. The van der Waals surface area contributed by atoms with Gasteiger partial charge in [0.1, 0.15) is 6.61 Å². The molecule has 0 aliphatic carbocycles. The second-order valence-corrected chi connectivity index (χ2v) is 7.00. The van der Waals surface area contributed by atoms with Crippen molar-refractivity contribution in [3.63, 3.8) is 0 Å². The van der Waals surface area contributed by atoms with E-state index in [9.17, 15) is 4.79 Å². The molecule has 1 unspecified atom stereocenters. The van der Waals surface area contributed by atoms with Crippen molar-refractivity contribution in [2.45, 2.75) is 46.6 Å². The van der Waals surface area contributed by atoms with Gasteiger partial charge in [-0.1, -0.05) is 32.4 Å². The standard InChI is InChI=1S/C21H39N3O6/c1-4-6-20-17-24(23-22-20)7-8-26-9-10-27-11-12-28-13-14-29-15-16-30-18-21(25)19(3)5-2/h17,19H,4-16,18H2,1-3H3. The third-order valence-corrected chi connectivity index (χ3v) is 4.45. The van der Waals surface area contributed by atoms with Gasteiger partial charge in [-0.05, 0) is 12.8 Å². The number of aromatic nitrogens is 3. The van der Waals surface area contributed by atoms with E-state index in [1.54, 1.807) is 4.68 Å². The average molecular weight is 430 g/mol. The molecule has 0 saturated carbocycles. The van der Waals surface area contributed by atoms with Crippen molar-refractivity contribution >= 4 is 5.78 Å². The van der Waals surface area contributed by atoms with E-state index in [-0.39, 0.29) is 18.3 Å². The van der Waals surface area contributed by atoms with E-state index in [2.05, 4.69) is 17.2 Å². The normalized spacial score (nSPS) is 12.4. The van der Waals surface area contributed by atoms with Gasteiger partial charge in [-0.25, -0.2) is 4.68 Å². The van der Waals surface area contributed by atoms with Crippen LogP contribution in [0.1, 0.15) is 39.3 Å². The lowest BCUT2D eigenvalue weighted by Crippen LogP contribution is -2.19. The molecule has 0 fully saturated rings. The van der Waals surface area contributed by atoms with Crippen molar-refractivity contribution in [3.05, 3.63) is 11.9 Å². The van der Waals surface area contributed by atoms with Crippen LogP contribution in [0.25, 0.3) is 0 Å². The van der Waals surface area contributed by atoms with Crippen LogP contribution in [0.3, 0.4) is 0 Å². The Kier molecular flexibility index (Phi) is 16.3. The zero-order chi connectivity index (χ0) is 21.9. The van der Waals surface area contributed by atoms with Crippen LogP contribution >= 0.6 is 0 Å². The molecule has 0 radical (unpaired) electrons. The van der Waals surface area contributed by atoms with Gasteiger partial charge in [0.2, 0.25) is 0 Å². The zero-order valence-electron chi connectivity index (χ0n) is 18.8. The second-order valence-electron chi connectivity index (χ2n) is 7.00. The maximum Gasteiger partial charge on any atom is 0.161 e. The smallest absolute Gasteiger partial charge is 0.161 e. The predicted molar refractivity (Wildman–Crippen MR) is 113 cm³/mol. The van der Waals surface area contributed by atoms with Crippen LogP contribution in [0.2, 0.25) is 0 Å². The second kappa shape index (κ2) is 18.4. The molecule has 0 spiro atoms. The Morgan fingerprint density at radius 2 is 1.43 bits per heavy atom. The first-order chi connectivity index (χ1) is 14.7. The molecule has 1 rings (SSSR count). The van der Waals surface area contributed by atoms with Crippen LogP contribution < -0.4 is 0 Å². The lowest BCUT2D eigenvalue weighted by molar-refractivity contribution is -0.127. The van der Waals surface area contributed by atoms with Crippen molar-refractivity contribution in [3.8, 4) is 0 Å². The molecule has 1 atom stereocenters. The molecule has 9 nitrogen and oxygen atoms in total. The van der Waals surface area contributed by atoms with Crippen molar-refractivity contribution in [1.82, 2.24) is 15.0 Å². The number of ketones is 1. The lowest BCUT2D eigenvalue weighted by Gasteiger charge is -2.09. The summed E-state index contributed by atoms with van der Waals surface area (Å²) >= 11 is 0. The first kappa shape index (κ1) is 26.6. The predicted octanol–water partition coefficient (Wildman–Crippen LogP) is 1.93. The minimum absolute atomic E-state index is 0.0617. The molecule has 1 aromatic rings. The first-order valence-corrected chi connectivity index (χ1v) is 11.0. The summed E-state index contributed by atoms with van der Waals surface area (Å²) < 4.78 is 28.9. The maximum absolute atomic E-state index is 11.6. The van der Waals surface area contributed by atoms with Crippen LogP contribution in [0.15, 0.2) is 6.20 Å². The number of hydrogen-bond donors (Lipinski definition) is 0. The first-order valence-electron chi connectivity index (χ1n) is 11.0. The van der Waals surface area contributed by atoms with Crippen LogP contribution in [0.5, 0.6) is 0 Å². The molecule has 0 aromatic carbocycles. The van der Waals surface area contributed by atoms with Gasteiger partial charge in [0, 0.05) is 12.1 Å². The van der Waals surface area contributed by atoms with E-state index in [4.69, 9.17) is 23.7 Å². The molecule has 0 N–H and O–H groups in total. The molecular weight excluding hydrogens is 390 g/mol. The Balaban J connectivity index is 1.77. The summed E-state index contributed by atoms with van der Waals surface area (Å²) in [6, 6.07) is 0. The Morgan fingerprint density at radius 1 is 0.900 bits per heavy atom. The van der Waals surface area contributed by atoms with Crippen LogP contribution in [-0.2, 0) is 41.4 Å². The van der Waals surface area contributed by atoms with Gasteiger partial charge in [-0.3, -0.25) is 4.79 Å². The van der Waals surface area contributed by atoms with Crippen LogP contribution in [0.4, 0.5) is 0 Å². The highest BCUT2D eigenvalue weighted by Gasteiger charge is 2.09. The number of nitrogens with zero attached hydrogens (tertiary/aromatic N) is 3. The Labute approximate surface area is 180 Å². The molecule has 30 heavy (non-hydrogen) atoms. The van der Waals surface area contributed by atoms with Gasteiger partial charge in [-0.15, -0.1) is 5.10 Å². The van der Waals surface area contributed by atoms with Gasteiger partial charge in [-0.2, -0.15) is 0 Å². The van der Waals surface area contributed by atoms with E-state index >= 15 is 0 Å². The van der Waals surface area contributed by atoms with Gasteiger partial charge < -0.3 is 23.7 Å². The Morgan fingerprint density at radius 3 is 1.97 bits per heavy atom. The molecule has 0 aliphatic heterocycles. The van der Waals surface area contributed by atoms with Crippen molar-refractivity contribution in [2.24, 2.45) is 5.92 Å². The van der Waals surface area contributed by atoms with E-state index in [0.717, 1.165) is 25.0 Å². The van der Waals surface area contributed by atoms with Crippen molar-refractivity contribution < 1.29 is 28.5 Å². The third kappa shape index (κ3) is 13.8. The molecule has 174 valence electrons. The zero-order valence-corrected chi connectivity index (χ0v) is 18.8. The molecule has 1 aromatic heterocycles. The highest BCUT2D eigenvalue weighted by atomic mass is 16.6. The summed E-state index contributed by atoms with van der Waals surface area (Å²) in [7, 11) is 0. The quantitative estimate of drug-likeness (QED) is 0.274. The van der Waals surface area contributed by atoms with Crippen molar-refractivity contribution in [1.29, 1.82) is 0 Å². The fourth-order valence-electron chi connectivity index (χ4n) is 2.40. The van der Waals surface area contributed by atoms with E-state index in [0.29, 0.717) is 66.0 Å². The summed E-state index contributed by atoms with van der Waals surface area (Å²) in [6.45, 7) is 11.5. The van der Waals surface area contributed by atoms with Crippen molar-refractivity contribution in [2.75, 3.05) is 66.1 Å². The Bertz CT molecular complexity index is 541. The number of carbonyl (C=O) groups is 1. The maximum atomic E-state index is 11.6. The van der Waals surface area contributed by atoms with E-state index in [1.807, 2.05) is 20.0 Å². The van der Waals surface area contributed by atoms with Gasteiger partial charge in [0.25, 0.3) is 0 Å². The average Bonchev–Trinajstić information content (AvgIpc) is 3.20. The van der Waals surface area contributed by atoms with Gasteiger partial charge in [0.15, 0.2) is 5.78 Å². The lowest BCUT2D eigenvalue weighted by atomic mass is 10.1. The highest BCUT2D eigenvalue weighted by molar-refractivity contribution is 5.81. The SMILES string of the molecule is CCCc1cn(CCOCCOCCOCCOCCOCC(=O)C(C)CC)nn1. The number of aryl methyl sites for hydroxylation is 1. The molecule has 1 heterocycles. The molecular formula is C21H39N3O6. The summed E-state index contributed by atoms with van der Waals surface area (Å²) in [6.07, 6.45) is 4.83. The summed E-state index contributed by atoms with van der Waals surface area (Å²) in [5.41, 5.74) is 1.02. The molecule has 9 heteroatoms. The summed E-state index contributed by atoms with van der Waals surface area (Å²) in [4.78, 5) is 11.6. The fraction of sp³-hybridized carbons (Fsp3) is 0.857. The fourth-order valence-corrected chi connectivity index (χ4v) is 2.40.